The Kier molecular flexibility index (Phi) is 12.3. The summed E-state index contributed by atoms with van der Waals surface area (Å²) in [5.74, 6) is 0.694. The Balaban J connectivity index is 0.00000420. The first kappa shape index (κ1) is 25.2. The molecule has 2 aromatic rings. The lowest BCUT2D eigenvalue weighted by molar-refractivity contribution is 0.0953. The molecule has 158 valence electrons. The Morgan fingerprint density at radius 2 is 1.90 bits per heavy atom. The molecule has 0 bridgehead atoms. The van der Waals surface area contributed by atoms with Crippen molar-refractivity contribution in [3.05, 3.63) is 64.4 Å². The minimum atomic E-state index is -0.0470. The first-order valence-corrected chi connectivity index (χ1v) is 10.00. The number of carbonyl (C=O) groups is 1. The highest BCUT2D eigenvalue weighted by atomic mass is 127. The number of nitrogens with one attached hydrogen (secondary N) is 3. The lowest BCUT2D eigenvalue weighted by atomic mass is 10.1. The van der Waals surface area contributed by atoms with Crippen molar-refractivity contribution in [1.82, 2.24) is 20.9 Å². The third-order valence-corrected chi connectivity index (χ3v) is 4.21. The molecule has 1 aromatic carbocycles. The van der Waals surface area contributed by atoms with E-state index in [2.05, 4.69) is 25.9 Å². The highest BCUT2D eigenvalue weighted by molar-refractivity contribution is 14.0. The quantitative estimate of drug-likeness (QED) is 0.200. The molecular weight excluding hydrogens is 501 g/mol. The lowest BCUT2D eigenvalue weighted by Gasteiger charge is -2.11. The maximum Gasteiger partial charge on any atom is 0.251 e. The van der Waals surface area contributed by atoms with Crippen molar-refractivity contribution in [3.63, 3.8) is 0 Å². The molecule has 1 heterocycles. The van der Waals surface area contributed by atoms with Gasteiger partial charge in [0.05, 0.1) is 6.54 Å². The van der Waals surface area contributed by atoms with E-state index in [9.17, 15) is 4.79 Å². The molecule has 0 aliphatic rings. The Labute approximate surface area is 195 Å². The maximum absolute atomic E-state index is 12.1. The van der Waals surface area contributed by atoms with Crippen LogP contribution in [0.2, 0.25) is 5.15 Å². The molecule has 0 unspecified atom stereocenters. The molecule has 0 aliphatic carbocycles. The molecule has 0 radical (unpaired) electrons. The van der Waals surface area contributed by atoms with Gasteiger partial charge in [-0.2, -0.15) is 0 Å². The molecule has 2 rings (SSSR count). The number of carbonyl (C=O) groups excluding carboxylic acids is 1. The minimum Gasteiger partial charge on any atom is -0.357 e. The van der Waals surface area contributed by atoms with Crippen LogP contribution < -0.4 is 16.0 Å². The second kappa shape index (κ2) is 14.2. The van der Waals surface area contributed by atoms with Crippen LogP contribution in [0.25, 0.3) is 0 Å². The van der Waals surface area contributed by atoms with E-state index in [1.807, 2.05) is 44.2 Å². The SMILES string of the molecule is CCCNC(=O)c1cccc(CN=C(NCC)NCCc2ccc(Cl)nc2)c1.I. The van der Waals surface area contributed by atoms with Crippen LogP contribution in [0.15, 0.2) is 47.6 Å². The predicted octanol–water partition coefficient (Wildman–Crippen LogP) is 3.79. The number of pyridine rings is 1. The third-order valence-electron chi connectivity index (χ3n) is 3.98. The van der Waals surface area contributed by atoms with Gasteiger partial charge in [-0.05, 0) is 49.1 Å². The van der Waals surface area contributed by atoms with Crippen LogP contribution in [0, 0.1) is 0 Å². The normalized spacial score (nSPS) is 10.8. The van der Waals surface area contributed by atoms with E-state index in [0.29, 0.717) is 23.8 Å². The molecule has 0 atom stereocenters. The zero-order valence-corrected chi connectivity index (χ0v) is 20.0. The van der Waals surface area contributed by atoms with Gasteiger partial charge in [0, 0.05) is 31.4 Å². The van der Waals surface area contributed by atoms with Gasteiger partial charge in [0.15, 0.2) is 5.96 Å². The molecule has 0 fully saturated rings. The summed E-state index contributed by atoms with van der Waals surface area (Å²) in [5.41, 5.74) is 2.76. The van der Waals surface area contributed by atoms with Crippen molar-refractivity contribution >= 4 is 47.4 Å². The summed E-state index contributed by atoms with van der Waals surface area (Å²) in [6.45, 7) is 6.73. The van der Waals surface area contributed by atoms with Gasteiger partial charge < -0.3 is 16.0 Å². The largest absolute Gasteiger partial charge is 0.357 e. The molecule has 0 saturated heterocycles. The van der Waals surface area contributed by atoms with E-state index in [1.54, 1.807) is 12.3 Å². The van der Waals surface area contributed by atoms with Crippen LogP contribution in [0.4, 0.5) is 0 Å². The first-order valence-electron chi connectivity index (χ1n) is 9.62. The fourth-order valence-electron chi connectivity index (χ4n) is 2.54. The number of aromatic nitrogens is 1. The van der Waals surface area contributed by atoms with E-state index in [1.165, 1.54) is 0 Å². The van der Waals surface area contributed by atoms with Gasteiger partial charge >= 0.3 is 0 Å². The fourth-order valence-corrected chi connectivity index (χ4v) is 2.65. The summed E-state index contributed by atoms with van der Waals surface area (Å²) in [5, 5.41) is 9.95. The summed E-state index contributed by atoms with van der Waals surface area (Å²) in [7, 11) is 0. The number of hydrogen-bond donors (Lipinski definition) is 3. The van der Waals surface area contributed by atoms with Crippen molar-refractivity contribution in [3.8, 4) is 0 Å². The summed E-state index contributed by atoms with van der Waals surface area (Å²) in [6.07, 6.45) is 3.52. The molecule has 0 saturated carbocycles. The van der Waals surface area contributed by atoms with E-state index in [0.717, 1.165) is 43.0 Å². The third kappa shape index (κ3) is 9.45. The van der Waals surface area contributed by atoms with Crippen LogP contribution in [0.5, 0.6) is 0 Å². The van der Waals surface area contributed by atoms with E-state index in [-0.39, 0.29) is 29.9 Å². The molecule has 1 aromatic heterocycles. The number of nitrogens with zero attached hydrogens (tertiary/aromatic N) is 2. The number of guanidine groups is 1. The van der Waals surface area contributed by atoms with Crippen molar-refractivity contribution in [2.75, 3.05) is 19.6 Å². The Morgan fingerprint density at radius 3 is 2.59 bits per heavy atom. The standard InChI is InChI=1S/C21H28ClN5O.HI/c1-3-11-24-20(28)18-7-5-6-17(13-18)15-27-21(23-4-2)25-12-10-16-8-9-19(22)26-14-16;/h5-9,13-14H,3-4,10-12,15H2,1-2H3,(H,24,28)(H2,23,25,27);1H. The van der Waals surface area contributed by atoms with Crippen LogP contribution in [-0.2, 0) is 13.0 Å². The Bertz CT molecular complexity index is 783. The van der Waals surface area contributed by atoms with Crippen molar-refractivity contribution < 1.29 is 4.79 Å². The topological polar surface area (TPSA) is 78.4 Å². The number of amides is 1. The van der Waals surface area contributed by atoms with Gasteiger partial charge in [-0.1, -0.05) is 36.7 Å². The first-order chi connectivity index (χ1) is 13.6. The highest BCUT2D eigenvalue weighted by Gasteiger charge is 2.05. The van der Waals surface area contributed by atoms with Crippen LogP contribution in [0.1, 0.15) is 41.8 Å². The van der Waals surface area contributed by atoms with Gasteiger partial charge in [0.1, 0.15) is 5.15 Å². The predicted molar refractivity (Wildman–Crippen MR) is 130 cm³/mol. The van der Waals surface area contributed by atoms with Crippen LogP contribution in [-0.4, -0.2) is 36.5 Å². The molecule has 6 nitrogen and oxygen atoms in total. The number of hydrogen-bond acceptors (Lipinski definition) is 3. The van der Waals surface area contributed by atoms with Gasteiger partial charge in [-0.25, -0.2) is 9.98 Å². The maximum atomic E-state index is 12.1. The van der Waals surface area contributed by atoms with Gasteiger partial charge in [-0.3, -0.25) is 4.79 Å². The summed E-state index contributed by atoms with van der Waals surface area (Å²) in [6, 6.07) is 11.3. The smallest absolute Gasteiger partial charge is 0.251 e. The summed E-state index contributed by atoms with van der Waals surface area (Å²) >= 11 is 5.81. The second-order valence-corrected chi connectivity index (χ2v) is 6.70. The molecular formula is C21H29ClIN5O. The number of halogens is 2. The van der Waals surface area contributed by atoms with Crippen molar-refractivity contribution in [1.29, 1.82) is 0 Å². The van der Waals surface area contributed by atoms with E-state index in [4.69, 9.17) is 11.6 Å². The number of rotatable bonds is 9. The Hall–Kier alpha value is -1.87. The zero-order chi connectivity index (χ0) is 20.2. The molecule has 3 N–H and O–H groups in total. The van der Waals surface area contributed by atoms with Crippen molar-refractivity contribution in [2.45, 2.75) is 33.2 Å². The summed E-state index contributed by atoms with van der Waals surface area (Å²) < 4.78 is 0. The number of benzene rings is 1. The van der Waals surface area contributed by atoms with Gasteiger partial charge in [0.2, 0.25) is 0 Å². The molecule has 0 aliphatic heterocycles. The average Bonchev–Trinajstić information content (AvgIpc) is 2.72. The second-order valence-electron chi connectivity index (χ2n) is 6.32. The van der Waals surface area contributed by atoms with Crippen LogP contribution >= 0.6 is 35.6 Å². The molecule has 1 amide bonds. The fraction of sp³-hybridized carbons (Fsp3) is 0.381. The van der Waals surface area contributed by atoms with E-state index >= 15 is 0 Å². The van der Waals surface area contributed by atoms with Crippen molar-refractivity contribution in [2.24, 2.45) is 4.99 Å². The lowest BCUT2D eigenvalue weighted by Crippen LogP contribution is -2.38. The monoisotopic (exact) mass is 529 g/mol. The molecule has 8 heteroatoms. The van der Waals surface area contributed by atoms with Gasteiger partial charge in [0.25, 0.3) is 5.91 Å². The Morgan fingerprint density at radius 1 is 1.07 bits per heavy atom. The molecule has 29 heavy (non-hydrogen) atoms. The van der Waals surface area contributed by atoms with Gasteiger partial charge in [-0.15, -0.1) is 24.0 Å². The zero-order valence-electron chi connectivity index (χ0n) is 16.9. The summed E-state index contributed by atoms with van der Waals surface area (Å²) in [4.78, 5) is 20.8. The van der Waals surface area contributed by atoms with E-state index < -0.39 is 0 Å². The minimum absolute atomic E-state index is 0. The van der Waals surface area contributed by atoms with Crippen LogP contribution in [0.3, 0.4) is 0 Å². The molecule has 0 spiro atoms. The highest BCUT2D eigenvalue weighted by Crippen LogP contribution is 2.07. The number of aliphatic imine (C=N–C) groups is 1. The average molecular weight is 530 g/mol.